The van der Waals surface area contributed by atoms with Crippen molar-refractivity contribution in [2.24, 2.45) is 11.1 Å². The average Bonchev–Trinajstić information content (AvgIpc) is 2.21. The Bertz CT molecular complexity index is 303. The van der Waals surface area contributed by atoms with Gasteiger partial charge >= 0.3 is 5.97 Å². The Labute approximate surface area is 102 Å². The van der Waals surface area contributed by atoms with Gasteiger partial charge in [0.25, 0.3) is 0 Å². The number of ether oxygens (including phenoxy) is 1. The van der Waals surface area contributed by atoms with Gasteiger partial charge in [-0.25, -0.2) is 4.79 Å². The molecule has 1 rings (SSSR count). The maximum absolute atomic E-state index is 11.9. The molecule has 5 heteroatoms. The maximum Gasteiger partial charge on any atom is 0.330 e. The Balaban J connectivity index is 2.52. The molecular formula is C12H22N2O3. The van der Waals surface area contributed by atoms with E-state index < -0.39 is 11.5 Å². The van der Waals surface area contributed by atoms with Crippen LogP contribution in [-0.2, 0) is 14.3 Å². The largest absolute Gasteiger partial charge is 0.467 e. The van der Waals surface area contributed by atoms with E-state index >= 15 is 0 Å². The topological polar surface area (TPSA) is 81.4 Å². The quantitative estimate of drug-likeness (QED) is 0.691. The zero-order chi connectivity index (χ0) is 13.1. The van der Waals surface area contributed by atoms with Crippen LogP contribution in [0.15, 0.2) is 0 Å². The van der Waals surface area contributed by atoms with Gasteiger partial charge in [0.05, 0.1) is 7.11 Å². The minimum absolute atomic E-state index is 0.0454. The summed E-state index contributed by atoms with van der Waals surface area (Å²) in [6.45, 7) is 3.79. The van der Waals surface area contributed by atoms with Crippen LogP contribution in [-0.4, -0.2) is 31.1 Å². The third-order valence-electron chi connectivity index (χ3n) is 3.53. The van der Waals surface area contributed by atoms with Crippen LogP contribution in [0.3, 0.4) is 0 Å². The number of nitrogens with one attached hydrogen (secondary N) is 1. The van der Waals surface area contributed by atoms with Crippen LogP contribution in [0.5, 0.6) is 0 Å². The molecule has 0 heterocycles. The number of amides is 1. The van der Waals surface area contributed by atoms with Crippen LogP contribution in [0, 0.1) is 5.41 Å². The summed E-state index contributed by atoms with van der Waals surface area (Å²) >= 11 is 0. The van der Waals surface area contributed by atoms with E-state index in [4.69, 9.17) is 5.73 Å². The van der Waals surface area contributed by atoms with Crippen molar-refractivity contribution < 1.29 is 14.3 Å². The molecule has 0 aliphatic heterocycles. The highest BCUT2D eigenvalue weighted by molar-refractivity contribution is 5.87. The molecule has 98 valence electrons. The van der Waals surface area contributed by atoms with Crippen molar-refractivity contribution in [1.82, 2.24) is 5.32 Å². The Kier molecular flexibility index (Phi) is 4.14. The SMILES string of the molecule is COC(=O)C(C)(C)NC(=O)CC1(CN)CCC1. The molecule has 17 heavy (non-hydrogen) atoms. The van der Waals surface area contributed by atoms with Crippen molar-refractivity contribution >= 4 is 11.9 Å². The summed E-state index contributed by atoms with van der Waals surface area (Å²) in [5, 5.41) is 2.70. The zero-order valence-electron chi connectivity index (χ0n) is 10.8. The van der Waals surface area contributed by atoms with Crippen LogP contribution in [0.2, 0.25) is 0 Å². The van der Waals surface area contributed by atoms with E-state index in [-0.39, 0.29) is 11.3 Å². The molecule has 0 aromatic carbocycles. The van der Waals surface area contributed by atoms with Crippen LogP contribution in [0.1, 0.15) is 39.5 Å². The van der Waals surface area contributed by atoms with Gasteiger partial charge in [0.2, 0.25) is 5.91 Å². The highest BCUT2D eigenvalue weighted by atomic mass is 16.5. The van der Waals surface area contributed by atoms with Gasteiger partial charge in [-0.3, -0.25) is 4.79 Å². The lowest BCUT2D eigenvalue weighted by Crippen LogP contribution is -2.52. The molecule has 0 atom stereocenters. The number of hydrogen-bond acceptors (Lipinski definition) is 4. The van der Waals surface area contributed by atoms with Crippen molar-refractivity contribution in [3.8, 4) is 0 Å². The number of carbonyl (C=O) groups is 2. The van der Waals surface area contributed by atoms with E-state index in [1.165, 1.54) is 7.11 Å². The first-order valence-electron chi connectivity index (χ1n) is 5.95. The summed E-state index contributed by atoms with van der Waals surface area (Å²) in [6, 6.07) is 0. The van der Waals surface area contributed by atoms with Crippen molar-refractivity contribution in [2.75, 3.05) is 13.7 Å². The summed E-state index contributed by atoms with van der Waals surface area (Å²) in [5.74, 6) is -0.577. The number of esters is 1. The lowest BCUT2D eigenvalue weighted by molar-refractivity contribution is -0.149. The van der Waals surface area contributed by atoms with Gasteiger partial charge in [-0.2, -0.15) is 0 Å². The summed E-state index contributed by atoms with van der Waals surface area (Å²) in [6.07, 6.45) is 3.51. The highest BCUT2D eigenvalue weighted by Crippen LogP contribution is 2.42. The third-order valence-corrected chi connectivity index (χ3v) is 3.53. The van der Waals surface area contributed by atoms with Gasteiger partial charge in [-0.1, -0.05) is 6.42 Å². The van der Waals surface area contributed by atoms with E-state index in [1.807, 2.05) is 0 Å². The minimum atomic E-state index is -0.981. The molecule has 1 amide bonds. The van der Waals surface area contributed by atoms with E-state index in [0.29, 0.717) is 13.0 Å². The smallest absolute Gasteiger partial charge is 0.330 e. The number of methoxy groups -OCH3 is 1. The fraction of sp³-hybridized carbons (Fsp3) is 0.833. The van der Waals surface area contributed by atoms with Crippen LogP contribution >= 0.6 is 0 Å². The normalized spacial score (nSPS) is 18.1. The standard InChI is InChI=1S/C12H22N2O3/c1-11(2,10(16)17-3)14-9(15)7-12(8-13)5-4-6-12/h4-8,13H2,1-3H3,(H,14,15). The molecule has 0 saturated heterocycles. The van der Waals surface area contributed by atoms with Gasteiger partial charge in [0, 0.05) is 6.42 Å². The van der Waals surface area contributed by atoms with Gasteiger partial charge < -0.3 is 15.8 Å². The minimum Gasteiger partial charge on any atom is -0.467 e. The highest BCUT2D eigenvalue weighted by Gasteiger charge is 2.39. The number of rotatable bonds is 5. The average molecular weight is 242 g/mol. The number of hydrogen-bond donors (Lipinski definition) is 2. The lowest BCUT2D eigenvalue weighted by Gasteiger charge is -2.41. The van der Waals surface area contributed by atoms with Crippen LogP contribution in [0.4, 0.5) is 0 Å². The monoisotopic (exact) mass is 242 g/mol. The van der Waals surface area contributed by atoms with Gasteiger partial charge in [0.15, 0.2) is 0 Å². The van der Waals surface area contributed by atoms with Crippen molar-refractivity contribution in [2.45, 2.75) is 45.1 Å². The second-order valence-electron chi connectivity index (χ2n) is 5.40. The molecule has 3 N–H and O–H groups in total. The van der Waals surface area contributed by atoms with E-state index in [9.17, 15) is 9.59 Å². The number of nitrogens with two attached hydrogens (primary N) is 1. The predicted molar refractivity (Wildman–Crippen MR) is 64.2 cm³/mol. The maximum atomic E-state index is 11.9. The summed E-state index contributed by atoms with van der Waals surface area (Å²) in [7, 11) is 1.31. The molecule has 0 aromatic heterocycles. The Morgan fingerprint density at radius 1 is 1.41 bits per heavy atom. The molecule has 1 fully saturated rings. The second-order valence-corrected chi connectivity index (χ2v) is 5.40. The van der Waals surface area contributed by atoms with E-state index in [2.05, 4.69) is 10.1 Å². The first kappa shape index (κ1) is 14.0. The lowest BCUT2D eigenvalue weighted by atomic mass is 9.66. The fourth-order valence-electron chi connectivity index (χ4n) is 2.17. The summed E-state index contributed by atoms with van der Waals surface area (Å²) in [5.41, 5.74) is 4.67. The van der Waals surface area contributed by atoms with Crippen molar-refractivity contribution in [3.63, 3.8) is 0 Å². The number of carbonyl (C=O) groups excluding carboxylic acids is 2. The third kappa shape index (κ3) is 3.19. The molecule has 1 saturated carbocycles. The van der Waals surface area contributed by atoms with Gasteiger partial charge in [0.1, 0.15) is 5.54 Å². The van der Waals surface area contributed by atoms with Gasteiger partial charge in [-0.15, -0.1) is 0 Å². The van der Waals surface area contributed by atoms with E-state index in [0.717, 1.165) is 19.3 Å². The predicted octanol–water partition coefficient (Wildman–Crippen LogP) is 0.573. The van der Waals surface area contributed by atoms with Gasteiger partial charge in [-0.05, 0) is 38.6 Å². The molecule has 1 aliphatic carbocycles. The summed E-state index contributed by atoms with van der Waals surface area (Å²) in [4.78, 5) is 23.3. The molecule has 5 nitrogen and oxygen atoms in total. The Hall–Kier alpha value is -1.10. The zero-order valence-corrected chi connectivity index (χ0v) is 10.8. The molecule has 0 radical (unpaired) electrons. The summed E-state index contributed by atoms with van der Waals surface area (Å²) < 4.78 is 4.63. The van der Waals surface area contributed by atoms with E-state index in [1.54, 1.807) is 13.8 Å². The molecule has 0 spiro atoms. The molecular weight excluding hydrogens is 220 g/mol. The second kappa shape index (κ2) is 5.04. The Morgan fingerprint density at radius 3 is 2.35 bits per heavy atom. The van der Waals surface area contributed by atoms with Crippen LogP contribution in [0.25, 0.3) is 0 Å². The molecule has 0 unspecified atom stereocenters. The van der Waals surface area contributed by atoms with Crippen molar-refractivity contribution in [1.29, 1.82) is 0 Å². The van der Waals surface area contributed by atoms with Crippen LogP contribution < -0.4 is 11.1 Å². The fourth-order valence-corrected chi connectivity index (χ4v) is 2.17. The first-order chi connectivity index (χ1) is 7.85. The first-order valence-corrected chi connectivity index (χ1v) is 5.95. The van der Waals surface area contributed by atoms with Crippen molar-refractivity contribution in [3.05, 3.63) is 0 Å². The molecule has 1 aliphatic rings. The molecule has 0 aromatic rings. The Morgan fingerprint density at radius 2 is 2.00 bits per heavy atom. The molecule has 0 bridgehead atoms.